The molecule has 3 N–H and O–H groups in total. The lowest BCUT2D eigenvalue weighted by molar-refractivity contribution is 0.630. The van der Waals surface area contributed by atoms with Crippen molar-refractivity contribution in [2.24, 2.45) is 11.8 Å². The Hall–Kier alpha value is -1.84. The van der Waals surface area contributed by atoms with Gasteiger partial charge in [0.25, 0.3) is 0 Å². The van der Waals surface area contributed by atoms with Crippen molar-refractivity contribution in [3.8, 4) is 0 Å². The summed E-state index contributed by atoms with van der Waals surface area (Å²) in [5.74, 6) is 1.07. The van der Waals surface area contributed by atoms with Crippen molar-refractivity contribution in [2.75, 3.05) is 17.6 Å². The van der Waals surface area contributed by atoms with Crippen LogP contribution in [0.5, 0.6) is 0 Å². The molecule has 0 spiro atoms. The molecule has 1 aliphatic carbocycles. The van der Waals surface area contributed by atoms with Crippen LogP contribution in [0.25, 0.3) is 10.9 Å². The van der Waals surface area contributed by atoms with Crippen molar-refractivity contribution in [1.29, 1.82) is 0 Å². The van der Waals surface area contributed by atoms with Crippen LogP contribution < -0.4 is 11.1 Å². The maximum absolute atomic E-state index is 14.0. The molecule has 2 unspecified atom stereocenters. The van der Waals surface area contributed by atoms with Crippen LogP contribution in [0.1, 0.15) is 13.3 Å². The van der Waals surface area contributed by atoms with E-state index < -0.39 is 0 Å². The van der Waals surface area contributed by atoms with E-state index >= 15 is 0 Å². The van der Waals surface area contributed by atoms with E-state index in [-0.39, 0.29) is 5.82 Å². The molecule has 1 heterocycles. The SMILES string of the molecule is CC1CC1CNc1c(F)cc(N)c2cccnc12. The van der Waals surface area contributed by atoms with Crippen LogP contribution in [0.3, 0.4) is 0 Å². The second kappa shape index (κ2) is 4.12. The molecule has 0 bridgehead atoms. The van der Waals surface area contributed by atoms with E-state index in [0.717, 1.165) is 17.8 Å². The molecular formula is C14H16FN3. The molecule has 2 aromatic rings. The molecule has 3 nitrogen and oxygen atoms in total. The first-order valence-corrected chi connectivity index (χ1v) is 6.23. The number of hydrogen-bond donors (Lipinski definition) is 2. The minimum atomic E-state index is -0.327. The molecule has 1 aromatic heterocycles. The number of anilines is 2. The summed E-state index contributed by atoms with van der Waals surface area (Å²) in [5, 5.41) is 3.98. The van der Waals surface area contributed by atoms with Gasteiger partial charge in [-0.3, -0.25) is 4.98 Å². The predicted octanol–water partition coefficient (Wildman–Crippen LogP) is 3.02. The molecule has 0 saturated heterocycles. The number of rotatable bonds is 3. The van der Waals surface area contributed by atoms with Gasteiger partial charge in [0.2, 0.25) is 0 Å². The molecule has 0 radical (unpaired) electrons. The minimum absolute atomic E-state index is 0.327. The van der Waals surface area contributed by atoms with Gasteiger partial charge in [-0.2, -0.15) is 0 Å². The van der Waals surface area contributed by atoms with E-state index in [9.17, 15) is 4.39 Å². The van der Waals surface area contributed by atoms with Gasteiger partial charge in [-0.15, -0.1) is 0 Å². The number of hydrogen-bond acceptors (Lipinski definition) is 3. The van der Waals surface area contributed by atoms with Gasteiger partial charge in [0.15, 0.2) is 5.82 Å². The molecule has 94 valence electrons. The lowest BCUT2D eigenvalue weighted by atomic mass is 10.1. The zero-order valence-corrected chi connectivity index (χ0v) is 10.3. The number of fused-ring (bicyclic) bond motifs is 1. The van der Waals surface area contributed by atoms with Crippen LogP contribution >= 0.6 is 0 Å². The second-order valence-corrected chi connectivity index (χ2v) is 5.08. The van der Waals surface area contributed by atoms with E-state index in [1.165, 1.54) is 12.5 Å². The second-order valence-electron chi connectivity index (χ2n) is 5.08. The quantitative estimate of drug-likeness (QED) is 0.817. The van der Waals surface area contributed by atoms with Gasteiger partial charge in [0.05, 0.1) is 11.2 Å². The summed E-state index contributed by atoms with van der Waals surface area (Å²) in [7, 11) is 0. The molecule has 18 heavy (non-hydrogen) atoms. The number of aromatic nitrogens is 1. The summed E-state index contributed by atoms with van der Waals surface area (Å²) in [4.78, 5) is 4.24. The molecule has 1 fully saturated rings. The molecule has 0 amide bonds. The van der Waals surface area contributed by atoms with Gasteiger partial charge < -0.3 is 11.1 Å². The normalized spacial score (nSPS) is 22.1. The van der Waals surface area contributed by atoms with E-state index in [1.807, 2.05) is 12.1 Å². The molecular weight excluding hydrogens is 229 g/mol. The number of nitrogens with one attached hydrogen (secondary N) is 1. The first kappa shape index (κ1) is 11.3. The van der Waals surface area contributed by atoms with Gasteiger partial charge in [-0.25, -0.2) is 4.39 Å². The number of pyridine rings is 1. The first-order chi connectivity index (χ1) is 8.66. The fourth-order valence-electron chi connectivity index (χ4n) is 2.32. The van der Waals surface area contributed by atoms with Crippen molar-refractivity contribution >= 4 is 22.3 Å². The third-order valence-corrected chi connectivity index (χ3v) is 3.69. The highest BCUT2D eigenvalue weighted by Crippen LogP contribution is 2.38. The maximum Gasteiger partial charge on any atom is 0.150 e. The number of halogens is 1. The van der Waals surface area contributed by atoms with E-state index in [4.69, 9.17) is 5.73 Å². The first-order valence-electron chi connectivity index (χ1n) is 6.23. The van der Waals surface area contributed by atoms with Gasteiger partial charge in [0.1, 0.15) is 0 Å². The fourth-order valence-corrected chi connectivity index (χ4v) is 2.32. The Morgan fingerprint density at radius 3 is 3.06 bits per heavy atom. The number of benzene rings is 1. The standard InChI is InChI=1S/C14H16FN3/c1-8-5-9(8)7-18-14-11(15)6-12(16)10-3-2-4-17-13(10)14/h2-4,6,8-9,18H,5,7,16H2,1H3. The highest BCUT2D eigenvalue weighted by atomic mass is 19.1. The Morgan fingerprint density at radius 2 is 2.33 bits per heavy atom. The van der Waals surface area contributed by atoms with Crippen LogP contribution in [0.15, 0.2) is 24.4 Å². The van der Waals surface area contributed by atoms with Crippen LogP contribution in [-0.4, -0.2) is 11.5 Å². The average Bonchev–Trinajstić information content (AvgIpc) is 3.05. The molecule has 1 aliphatic rings. The highest BCUT2D eigenvalue weighted by Gasteiger charge is 2.32. The van der Waals surface area contributed by atoms with Gasteiger partial charge >= 0.3 is 0 Å². The number of nitrogens with two attached hydrogens (primary N) is 1. The lowest BCUT2D eigenvalue weighted by Crippen LogP contribution is -2.08. The molecule has 1 saturated carbocycles. The third kappa shape index (κ3) is 1.88. The van der Waals surface area contributed by atoms with Crippen molar-refractivity contribution in [3.63, 3.8) is 0 Å². The van der Waals surface area contributed by atoms with E-state index in [0.29, 0.717) is 22.8 Å². The zero-order valence-electron chi connectivity index (χ0n) is 10.3. The Balaban J connectivity index is 1.98. The smallest absolute Gasteiger partial charge is 0.150 e. The topological polar surface area (TPSA) is 50.9 Å². The fraction of sp³-hybridized carbons (Fsp3) is 0.357. The zero-order chi connectivity index (χ0) is 12.7. The van der Waals surface area contributed by atoms with Crippen molar-refractivity contribution < 1.29 is 4.39 Å². The van der Waals surface area contributed by atoms with Crippen LogP contribution in [0.4, 0.5) is 15.8 Å². The monoisotopic (exact) mass is 245 g/mol. The Bertz CT molecular complexity index is 597. The van der Waals surface area contributed by atoms with E-state index in [2.05, 4.69) is 17.2 Å². The minimum Gasteiger partial charge on any atom is -0.398 e. The summed E-state index contributed by atoms with van der Waals surface area (Å²) in [6.07, 6.45) is 2.88. The van der Waals surface area contributed by atoms with Crippen LogP contribution in [-0.2, 0) is 0 Å². The summed E-state index contributed by atoms with van der Waals surface area (Å²) in [6, 6.07) is 5.04. The summed E-state index contributed by atoms with van der Waals surface area (Å²) in [6.45, 7) is 3.01. The van der Waals surface area contributed by atoms with Crippen LogP contribution in [0.2, 0.25) is 0 Å². The largest absolute Gasteiger partial charge is 0.398 e. The molecule has 4 heteroatoms. The molecule has 1 aromatic carbocycles. The van der Waals surface area contributed by atoms with Gasteiger partial charge in [-0.1, -0.05) is 6.92 Å². The molecule has 0 aliphatic heterocycles. The Kier molecular flexibility index (Phi) is 2.58. The van der Waals surface area contributed by atoms with Gasteiger partial charge in [0, 0.05) is 23.8 Å². The van der Waals surface area contributed by atoms with E-state index in [1.54, 1.807) is 6.20 Å². The summed E-state index contributed by atoms with van der Waals surface area (Å²) >= 11 is 0. The number of nitrogen functional groups attached to an aromatic ring is 1. The Morgan fingerprint density at radius 1 is 1.56 bits per heavy atom. The van der Waals surface area contributed by atoms with Crippen LogP contribution in [0, 0.1) is 17.7 Å². The van der Waals surface area contributed by atoms with Crippen molar-refractivity contribution in [3.05, 3.63) is 30.2 Å². The van der Waals surface area contributed by atoms with Gasteiger partial charge in [-0.05, 0) is 36.5 Å². The highest BCUT2D eigenvalue weighted by molar-refractivity contribution is 5.98. The maximum atomic E-state index is 14.0. The summed E-state index contributed by atoms with van der Waals surface area (Å²) < 4.78 is 14.0. The lowest BCUT2D eigenvalue weighted by Gasteiger charge is -2.11. The summed E-state index contributed by atoms with van der Waals surface area (Å²) in [5.41, 5.74) is 7.33. The predicted molar refractivity (Wildman–Crippen MR) is 71.9 cm³/mol. The van der Waals surface area contributed by atoms with Crippen molar-refractivity contribution in [2.45, 2.75) is 13.3 Å². The molecule has 3 rings (SSSR count). The third-order valence-electron chi connectivity index (χ3n) is 3.69. The van der Waals surface area contributed by atoms with Crippen molar-refractivity contribution in [1.82, 2.24) is 4.98 Å². The average molecular weight is 245 g/mol. The number of nitrogens with zero attached hydrogens (tertiary/aromatic N) is 1. The molecule has 2 atom stereocenters. The Labute approximate surface area is 105 Å².